The SMILES string of the molecule is CCCC1CC=C(C(F)(F)OC)CC1. The van der Waals surface area contributed by atoms with Crippen LogP contribution in [0.4, 0.5) is 8.78 Å². The van der Waals surface area contributed by atoms with Gasteiger partial charge in [-0.15, -0.1) is 0 Å². The Balaban J connectivity index is 2.52. The average molecular weight is 204 g/mol. The molecule has 0 aromatic carbocycles. The summed E-state index contributed by atoms with van der Waals surface area (Å²) in [5.74, 6) is 0.594. The molecule has 14 heavy (non-hydrogen) atoms. The van der Waals surface area contributed by atoms with Crippen molar-refractivity contribution in [3.05, 3.63) is 11.6 Å². The summed E-state index contributed by atoms with van der Waals surface area (Å²) in [5, 5.41) is 0. The van der Waals surface area contributed by atoms with Crippen LogP contribution in [0.1, 0.15) is 39.0 Å². The van der Waals surface area contributed by atoms with Gasteiger partial charge in [-0.1, -0.05) is 25.8 Å². The number of hydrogen-bond donors (Lipinski definition) is 0. The molecule has 0 aromatic rings. The summed E-state index contributed by atoms with van der Waals surface area (Å²) in [5.41, 5.74) is 0.160. The predicted molar refractivity (Wildman–Crippen MR) is 52.3 cm³/mol. The number of halogens is 2. The Hall–Kier alpha value is -0.440. The van der Waals surface area contributed by atoms with Gasteiger partial charge in [-0.2, -0.15) is 8.78 Å². The first-order valence-corrected chi connectivity index (χ1v) is 5.22. The fourth-order valence-corrected chi connectivity index (χ4v) is 1.95. The smallest absolute Gasteiger partial charge is 0.320 e. The molecular formula is C11H18F2O. The summed E-state index contributed by atoms with van der Waals surface area (Å²) in [7, 11) is 1.05. The van der Waals surface area contributed by atoms with Gasteiger partial charge in [0.1, 0.15) is 0 Å². The molecule has 3 heteroatoms. The topological polar surface area (TPSA) is 9.23 Å². The van der Waals surface area contributed by atoms with Crippen LogP contribution in [-0.4, -0.2) is 13.2 Å². The lowest BCUT2D eigenvalue weighted by Gasteiger charge is -2.25. The molecule has 0 bridgehead atoms. The third kappa shape index (κ3) is 2.77. The highest BCUT2D eigenvalue weighted by atomic mass is 19.3. The van der Waals surface area contributed by atoms with Crippen LogP contribution in [0.5, 0.6) is 0 Å². The first-order valence-electron chi connectivity index (χ1n) is 5.22. The first-order chi connectivity index (χ1) is 6.60. The van der Waals surface area contributed by atoms with Crippen molar-refractivity contribution in [1.82, 2.24) is 0 Å². The fourth-order valence-electron chi connectivity index (χ4n) is 1.95. The Morgan fingerprint density at radius 3 is 2.71 bits per heavy atom. The van der Waals surface area contributed by atoms with Crippen molar-refractivity contribution in [3.63, 3.8) is 0 Å². The van der Waals surface area contributed by atoms with Crippen LogP contribution >= 0.6 is 0 Å². The standard InChI is InChI=1S/C11H18F2O/c1-3-4-9-5-7-10(8-6-9)11(12,13)14-2/h7,9H,3-6,8H2,1-2H3. The van der Waals surface area contributed by atoms with Crippen LogP contribution in [0.25, 0.3) is 0 Å². The molecule has 0 saturated carbocycles. The van der Waals surface area contributed by atoms with Crippen LogP contribution in [-0.2, 0) is 4.74 Å². The second kappa shape index (κ2) is 4.87. The third-order valence-corrected chi connectivity index (χ3v) is 2.85. The number of hydrogen-bond acceptors (Lipinski definition) is 1. The van der Waals surface area contributed by atoms with Gasteiger partial charge in [-0.05, 0) is 25.2 Å². The minimum atomic E-state index is -3.04. The molecule has 1 atom stereocenters. The maximum absolute atomic E-state index is 13.1. The second-order valence-electron chi connectivity index (χ2n) is 3.88. The van der Waals surface area contributed by atoms with E-state index in [9.17, 15) is 8.78 Å². The van der Waals surface area contributed by atoms with Gasteiger partial charge < -0.3 is 4.74 Å². The minimum absolute atomic E-state index is 0.160. The zero-order valence-corrected chi connectivity index (χ0v) is 8.85. The van der Waals surface area contributed by atoms with Crippen molar-refractivity contribution in [3.8, 4) is 0 Å². The van der Waals surface area contributed by atoms with Crippen molar-refractivity contribution in [2.24, 2.45) is 5.92 Å². The first kappa shape index (κ1) is 11.6. The monoisotopic (exact) mass is 204 g/mol. The number of ether oxygens (including phenoxy) is 1. The third-order valence-electron chi connectivity index (χ3n) is 2.85. The van der Waals surface area contributed by atoms with Gasteiger partial charge in [-0.3, -0.25) is 0 Å². The van der Waals surface area contributed by atoms with Crippen LogP contribution in [0.15, 0.2) is 11.6 Å². The van der Waals surface area contributed by atoms with Crippen molar-refractivity contribution >= 4 is 0 Å². The van der Waals surface area contributed by atoms with E-state index in [4.69, 9.17) is 0 Å². The Morgan fingerprint density at radius 1 is 1.57 bits per heavy atom. The predicted octanol–water partition coefficient (Wildman–Crippen LogP) is 3.75. The Labute approximate surface area is 84.1 Å². The van der Waals surface area contributed by atoms with Gasteiger partial charge in [0.05, 0.1) is 0 Å². The molecule has 0 amide bonds. The lowest BCUT2D eigenvalue weighted by atomic mass is 9.86. The second-order valence-corrected chi connectivity index (χ2v) is 3.88. The van der Waals surface area contributed by atoms with E-state index in [-0.39, 0.29) is 5.57 Å². The number of alkyl halides is 2. The molecule has 1 unspecified atom stereocenters. The number of rotatable bonds is 4. The van der Waals surface area contributed by atoms with E-state index in [1.807, 2.05) is 0 Å². The number of methoxy groups -OCH3 is 1. The molecule has 0 N–H and O–H groups in total. The van der Waals surface area contributed by atoms with Crippen molar-refractivity contribution in [1.29, 1.82) is 0 Å². The van der Waals surface area contributed by atoms with Crippen molar-refractivity contribution in [2.45, 2.75) is 45.1 Å². The molecule has 1 aliphatic carbocycles. The van der Waals surface area contributed by atoms with E-state index in [0.717, 1.165) is 32.8 Å². The minimum Gasteiger partial charge on any atom is -0.320 e. The molecule has 0 saturated heterocycles. The highest BCUT2D eigenvalue weighted by Crippen LogP contribution is 2.35. The maximum Gasteiger partial charge on any atom is 0.379 e. The molecule has 0 fully saturated rings. The number of allylic oxidation sites excluding steroid dienone is 1. The molecule has 0 radical (unpaired) electrons. The molecule has 0 heterocycles. The Morgan fingerprint density at radius 2 is 2.29 bits per heavy atom. The van der Waals surface area contributed by atoms with Gasteiger partial charge in [0, 0.05) is 12.7 Å². The van der Waals surface area contributed by atoms with E-state index in [2.05, 4.69) is 11.7 Å². The van der Waals surface area contributed by atoms with E-state index >= 15 is 0 Å². The molecule has 1 rings (SSSR count). The van der Waals surface area contributed by atoms with Gasteiger partial charge in [0.2, 0.25) is 0 Å². The summed E-state index contributed by atoms with van der Waals surface area (Å²) < 4.78 is 30.3. The van der Waals surface area contributed by atoms with Gasteiger partial charge >= 0.3 is 6.11 Å². The van der Waals surface area contributed by atoms with E-state index in [1.165, 1.54) is 0 Å². The molecule has 0 aromatic heterocycles. The maximum atomic E-state index is 13.1. The van der Waals surface area contributed by atoms with Crippen molar-refractivity contribution in [2.75, 3.05) is 7.11 Å². The van der Waals surface area contributed by atoms with Crippen LogP contribution in [0.3, 0.4) is 0 Å². The summed E-state index contributed by atoms with van der Waals surface area (Å²) in [4.78, 5) is 0. The highest BCUT2D eigenvalue weighted by molar-refractivity contribution is 5.12. The Bertz CT molecular complexity index is 211. The zero-order valence-electron chi connectivity index (χ0n) is 8.85. The summed E-state index contributed by atoms with van der Waals surface area (Å²) in [6.07, 6.45) is 3.02. The summed E-state index contributed by atoms with van der Waals surface area (Å²) in [6.45, 7) is 2.13. The summed E-state index contributed by atoms with van der Waals surface area (Å²) >= 11 is 0. The zero-order chi connectivity index (χ0) is 10.6. The molecule has 82 valence electrons. The van der Waals surface area contributed by atoms with Crippen LogP contribution in [0, 0.1) is 5.92 Å². The van der Waals surface area contributed by atoms with E-state index in [1.54, 1.807) is 6.08 Å². The van der Waals surface area contributed by atoms with Gasteiger partial charge in [0.25, 0.3) is 0 Å². The Kier molecular flexibility index (Phi) is 4.05. The fraction of sp³-hybridized carbons (Fsp3) is 0.818. The lowest BCUT2D eigenvalue weighted by Crippen LogP contribution is -2.24. The quantitative estimate of drug-likeness (QED) is 0.634. The molecule has 0 spiro atoms. The summed E-state index contributed by atoms with van der Waals surface area (Å²) in [6, 6.07) is 0. The van der Waals surface area contributed by atoms with E-state index < -0.39 is 6.11 Å². The molecule has 1 nitrogen and oxygen atoms in total. The largest absolute Gasteiger partial charge is 0.379 e. The lowest BCUT2D eigenvalue weighted by molar-refractivity contribution is -0.192. The van der Waals surface area contributed by atoms with Crippen LogP contribution in [0.2, 0.25) is 0 Å². The highest BCUT2D eigenvalue weighted by Gasteiger charge is 2.35. The van der Waals surface area contributed by atoms with Gasteiger partial charge in [0.15, 0.2) is 0 Å². The van der Waals surface area contributed by atoms with E-state index in [0.29, 0.717) is 12.3 Å². The molecule has 1 aliphatic rings. The van der Waals surface area contributed by atoms with Crippen molar-refractivity contribution < 1.29 is 13.5 Å². The average Bonchev–Trinajstić information content (AvgIpc) is 2.19. The van der Waals surface area contributed by atoms with Crippen LogP contribution < -0.4 is 0 Å². The van der Waals surface area contributed by atoms with Gasteiger partial charge in [-0.25, -0.2) is 0 Å². The molecular weight excluding hydrogens is 186 g/mol. The molecule has 0 aliphatic heterocycles. The normalized spacial score (nSPS) is 23.4.